The maximum absolute atomic E-state index is 11.8. The van der Waals surface area contributed by atoms with Gasteiger partial charge in [0, 0.05) is 16.5 Å². The molecule has 2 rings (SSSR count). The Hall–Kier alpha value is -3.28. The van der Waals surface area contributed by atoms with Gasteiger partial charge in [0.2, 0.25) is 5.75 Å². The van der Waals surface area contributed by atoms with E-state index in [-0.39, 0.29) is 33.8 Å². The molecule has 0 unspecified atom stereocenters. The summed E-state index contributed by atoms with van der Waals surface area (Å²) in [5.74, 6) is -2.55. The molecule has 2 aromatic rings. The third-order valence-electron chi connectivity index (χ3n) is 3.11. The van der Waals surface area contributed by atoms with E-state index in [1.54, 1.807) is 0 Å². The minimum absolute atomic E-state index is 0.0822. The highest BCUT2D eigenvalue weighted by atomic mass is 16.6. The van der Waals surface area contributed by atoms with Crippen LogP contribution in [0.2, 0.25) is 0 Å². The number of hydrogen-bond acceptors (Lipinski definition) is 6. The normalized spacial score (nSPS) is 10.2. The molecule has 0 spiro atoms. The van der Waals surface area contributed by atoms with E-state index in [1.807, 2.05) is 0 Å². The van der Waals surface area contributed by atoms with E-state index in [1.165, 1.54) is 38.1 Å². The molecule has 6 nitrogen and oxygen atoms in total. The number of rotatable bonds is 4. The molecule has 0 aliphatic heterocycles. The highest BCUT2D eigenvalue weighted by Gasteiger charge is 2.21. The molecule has 0 aliphatic carbocycles. The number of ether oxygens (including phenoxy) is 2. The predicted molar refractivity (Wildman–Crippen MR) is 88.2 cm³/mol. The molecule has 0 atom stereocenters. The number of benzene rings is 2. The Morgan fingerprint density at radius 2 is 1.54 bits per heavy atom. The summed E-state index contributed by atoms with van der Waals surface area (Å²) in [5.41, 5.74) is 0.257. The molecule has 0 saturated carbocycles. The van der Waals surface area contributed by atoms with Crippen molar-refractivity contribution in [2.45, 2.75) is 13.8 Å². The summed E-state index contributed by atoms with van der Waals surface area (Å²) in [6, 6.07) is 5.65. The standard InChI is InChI=1S/C18H16O6/c1-9(2)17(21)23-14-7-11-5-6-12(19)8-13(11)16(15(14)20)24-18(22)10(3)4/h5-8,19-20H,1,3H2,2,4H3. The Bertz CT molecular complexity index is 879. The van der Waals surface area contributed by atoms with Crippen molar-refractivity contribution in [1.82, 2.24) is 0 Å². The molecular weight excluding hydrogens is 312 g/mol. The Balaban J connectivity index is 2.65. The van der Waals surface area contributed by atoms with Gasteiger partial charge in [0.25, 0.3) is 0 Å². The molecule has 124 valence electrons. The summed E-state index contributed by atoms with van der Waals surface area (Å²) in [5, 5.41) is 20.7. The highest BCUT2D eigenvalue weighted by molar-refractivity contribution is 5.99. The maximum atomic E-state index is 11.8. The summed E-state index contributed by atoms with van der Waals surface area (Å²) in [7, 11) is 0. The molecule has 0 bridgehead atoms. The molecule has 0 fully saturated rings. The summed E-state index contributed by atoms with van der Waals surface area (Å²) in [6.07, 6.45) is 0. The van der Waals surface area contributed by atoms with Crippen molar-refractivity contribution in [3.8, 4) is 23.0 Å². The van der Waals surface area contributed by atoms with Crippen LogP contribution in [0, 0.1) is 0 Å². The first-order valence-corrected chi connectivity index (χ1v) is 6.94. The Labute approximate surface area is 138 Å². The molecule has 0 aromatic heterocycles. The highest BCUT2D eigenvalue weighted by Crippen LogP contribution is 2.44. The van der Waals surface area contributed by atoms with Crippen molar-refractivity contribution >= 4 is 22.7 Å². The van der Waals surface area contributed by atoms with Crippen LogP contribution >= 0.6 is 0 Å². The second-order valence-corrected chi connectivity index (χ2v) is 5.30. The third-order valence-corrected chi connectivity index (χ3v) is 3.11. The molecular formula is C18H16O6. The van der Waals surface area contributed by atoms with Crippen molar-refractivity contribution in [2.24, 2.45) is 0 Å². The van der Waals surface area contributed by atoms with Crippen molar-refractivity contribution in [3.63, 3.8) is 0 Å². The van der Waals surface area contributed by atoms with E-state index in [9.17, 15) is 19.8 Å². The molecule has 2 aromatic carbocycles. The average molecular weight is 328 g/mol. The number of aromatic hydroxyl groups is 2. The lowest BCUT2D eigenvalue weighted by atomic mass is 10.1. The fraction of sp³-hybridized carbons (Fsp3) is 0.111. The van der Waals surface area contributed by atoms with Gasteiger partial charge in [0.1, 0.15) is 5.75 Å². The third kappa shape index (κ3) is 3.38. The van der Waals surface area contributed by atoms with Crippen LogP contribution in [-0.4, -0.2) is 22.2 Å². The topological polar surface area (TPSA) is 93.1 Å². The van der Waals surface area contributed by atoms with Gasteiger partial charge in [-0.05, 0) is 37.4 Å². The van der Waals surface area contributed by atoms with Crippen molar-refractivity contribution in [3.05, 3.63) is 48.6 Å². The Morgan fingerprint density at radius 3 is 2.12 bits per heavy atom. The number of carbonyl (C=O) groups is 2. The van der Waals surface area contributed by atoms with Gasteiger partial charge >= 0.3 is 11.9 Å². The molecule has 6 heteroatoms. The molecule has 0 radical (unpaired) electrons. The van der Waals surface area contributed by atoms with E-state index in [2.05, 4.69) is 13.2 Å². The second kappa shape index (κ2) is 6.45. The van der Waals surface area contributed by atoms with Crippen LogP contribution in [0.15, 0.2) is 48.6 Å². The molecule has 0 heterocycles. The lowest BCUT2D eigenvalue weighted by molar-refractivity contribution is -0.130. The number of phenolic OH excluding ortho intramolecular Hbond substituents is 2. The predicted octanol–water partition coefficient (Wildman–Crippen LogP) is 3.21. The van der Waals surface area contributed by atoms with E-state index < -0.39 is 17.7 Å². The SMILES string of the molecule is C=C(C)C(=O)Oc1cc2ccc(O)cc2c(OC(=O)C(=C)C)c1O. The van der Waals surface area contributed by atoms with Gasteiger partial charge in [0.05, 0.1) is 0 Å². The van der Waals surface area contributed by atoms with E-state index in [4.69, 9.17) is 9.47 Å². The summed E-state index contributed by atoms with van der Waals surface area (Å²) in [4.78, 5) is 23.5. The van der Waals surface area contributed by atoms with Gasteiger partial charge in [-0.25, -0.2) is 9.59 Å². The number of phenols is 2. The van der Waals surface area contributed by atoms with Crippen LogP contribution in [-0.2, 0) is 9.59 Å². The van der Waals surface area contributed by atoms with E-state index in [0.717, 1.165) is 0 Å². The minimum Gasteiger partial charge on any atom is -0.508 e. The number of carbonyl (C=O) groups excluding carboxylic acids is 2. The molecule has 2 N–H and O–H groups in total. The van der Waals surface area contributed by atoms with Gasteiger partial charge < -0.3 is 19.7 Å². The zero-order valence-electron chi connectivity index (χ0n) is 13.3. The van der Waals surface area contributed by atoms with Crippen molar-refractivity contribution in [1.29, 1.82) is 0 Å². The van der Waals surface area contributed by atoms with Crippen LogP contribution < -0.4 is 9.47 Å². The fourth-order valence-electron chi connectivity index (χ4n) is 1.86. The van der Waals surface area contributed by atoms with Crippen LogP contribution in [0.4, 0.5) is 0 Å². The van der Waals surface area contributed by atoms with Crippen molar-refractivity contribution in [2.75, 3.05) is 0 Å². The van der Waals surface area contributed by atoms with Gasteiger partial charge in [-0.3, -0.25) is 0 Å². The first-order chi connectivity index (χ1) is 11.2. The fourth-order valence-corrected chi connectivity index (χ4v) is 1.86. The van der Waals surface area contributed by atoms with Crippen molar-refractivity contribution < 1.29 is 29.3 Å². The molecule has 0 aliphatic rings. The largest absolute Gasteiger partial charge is 0.508 e. The summed E-state index contributed by atoms with van der Waals surface area (Å²) < 4.78 is 10.2. The summed E-state index contributed by atoms with van der Waals surface area (Å²) in [6.45, 7) is 9.84. The smallest absolute Gasteiger partial charge is 0.338 e. The lowest BCUT2D eigenvalue weighted by Crippen LogP contribution is -2.11. The number of fused-ring (bicyclic) bond motifs is 1. The molecule has 0 amide bonds. The zero-order chi connectivity index (χ0) is 18.0. The average Bonchev–Trinajstić information content (AvgIpc) is 2.51. The van der Waals surface area contributed by atoms with Crippen LogP contribution in [0.1, 0.15) is 13.8 Å². The van der Waals surface area contributed by atoms with Crippen LogP contribution in [0.5, 0.6) is 23.0 Å². The minimum atomic E-state index is -0.765. The Kier molecular flexibility index (Phi) is 4.59. The molecule has 24 heavy (non-hydrogen) atoms. The van der Waals surface area contributed by atoms with Gasteiger partial charge in [-0.15, -0.1) is 0 Å². The number of esters is 2. The van der Waals surface area contributed by atoms with Gasteiger partial charge in [0.15, 0.2) is 11.5 Å². The zero-order valence-corrected chi connectivity index (χ0v) is 13.3. The summed E-state index contributed by atoms with van der Waals surface area (Å²) >= 11 is 0. The Morgan fingerprint density at radius 1 is 0.958 bits per heavy atom. The van der Waals surface area contributed by atoms with Crippen LogP contribution in [0.3, 0.4) is 0 Å². The van der Waals surface area contributed by atoms with Gasteiger partial charge in [-0.1, -0.05) is 19.2 Å². The van der Waals surface area contributed by atoms with E-state index >= 15 is 0 Å². The van der Waals surface area contributed by atoms with Gasteiger partial charge in [-0.2, -0.15) is 0 Å². The van der Waals surface area contributed by atoms with Crippen LogP contribution in [0.25, 0.3) is 10.8 Å². The molecule has 0 saturated heterocycles. The quantitative estimate of drug-likeness (QED) is 0.508. The first-order valence-electron chi connectivity index (χ1n) is 6.94. The lowest BCUT2D eigenvalue weighted by Gasteiger charge is -2.14. The maximum Gasteiger partial charge on any atom is 0.338 e. The first kappa shape index (κ1) is 17.1. The number of hydrogen-bond donors (Lipinski definition) is 2. The monoisotopic (exact) mass is 328 g/mol. The van der Waals surface area contributed by atoms with E-state index in [0.29, 0.717) is 5.39 Å². The second-order valence-electron chi connectivity index (χ2n) is 5.30.